The molecule has 104 valence electrons. The van der Waals surface area contributed by atoms with E-state index in [1.165, 1.54) is 12.8 Å². The lowest BCUT2D eigenvalue weighted by Gasteiger charge is -2.12. The maximum absolute atomic E-state index is 6.12. The molecule has 1 heterocycles. The van der Waals surface area contributed by atoms with Gasteiger partial charge in [0.05, 0.1) is 5.02 Å². The second-order valence-electron chi connectivity index (χ2n) is 4.81. The number of nitrogens with zero attached hydrogens (tertiary/aromatic N) is 1. The Morgan fingerprint density at radius 3 is 2.90 bits per heavy atom. The van der Waals surface area contributed by atoms with E-state index in [2.05, 4.69) is 26.2 Å². The molecule has 1 aliphatic rings. The van der Waals surface area contributed by atoms with Crippen LogP contribution in [0, 0.1) is 0 Å². The molecule has 2 aromatic rings. The summed E-state index contributed by atoms with van der Waals surface area (Å²) in [4.78, 5) is 4.35. The molecule has 0 unspecified atom stereocenters. The van der Waals surface area contributed by atoms with Gasteiger partial charge in [-0.25, -0.2) is 4.98 Å². The van der Waals surface area contributed by atoms with Crippen molar-refractivity contribution in [2.45, 2.75) is 25.4 Å². The molecule has 1 aromatic heterocycles. The van der Waals surface area contributed by atoms with Crippen molar-refractivity contribution in [2.75, 3.05) is 0 Å². The standard InChI is InChI=1S/C15H14BrClN2O/c16-11-7-10(8-18-12-5-6-12)15(19-9-11)20-14-4-2-1-3-13(14)17/h1-4,7,9,12,18H,5-6,8H2. The number of nitrogens with one attached hydrogen (secondary N) is 1. The highest BCUT2D eigenvalue weighted by molar-refractivity contribution is 9.10. The summed E-state index contributed by atoms with van der Waals surface area (Å²) in [6.07, 6.45) is 4.23. The van der Waals surface area contributed by atoms with Crippen molar-refractivity contribution in [3.63, 3.8) is 0 Å². The summed E-state index contributed by atoms with van der Waals surface area (Å²) in [5, 5.41) is 4.05. The molecule has 1 N–H and O–H groups in total. The fourth-order valence-electron chi connectivity index (χ4n) is 1.86. The summed E-state index contributed by atoms with van der Waals surface area (Å²) < 4.78 is 6.79. The van der Waals surface area contributed by atoms with E-state index in [4.69, 9.17) is 16.3 Å². The molecule has 3 nitrogen and oxygen atoms in total. The Balaban J connectivity index is 1.82. The largest absolute Gasteiger partial charge is 0.437 e. The van der Waals surface area contributed by atoms with Gasteiger partial charge in [-0.3, -0.25) is 0 Å². The highest BCUT2D eigenvalue weighted by Crippen LogP contribution is 2.31. The van der Waals surface area contributed by atoms with Crippen LogP contribution in [0.15, 0.2) is 41.0 Å². The molecule has 0 atom stereocenters. The predicted octanol–water partition coefficient (Wildman–Crippen LogP) is 4.54. The van der Waals surface area contributed by atoms with Crippen molar-refractivity contribution in [1.29, 1.82) is 0 Å². The summed E-state index contributed by atoms with van der Waals surface area (Å²) in [7, 11) is 0. The molecule has 1 saturated carbocycles. The van der Waals surface area contributed by atoms with Crippen LogP contribution in [0.4, 0.5) is 0 Å². The number of hydrogen-bond donors (Lipinski definition) is 1. The van der Waals surface area contributed by atoms with Gasteiger partial charge < -0.3 is 10.1 Å². The van der Waals surface area contributed by atoms with Crippen LogP contribution in [-0.2, 0) is 6.54 Å². The lowest BCUT2D eigenvalue weighted by atomic mass is 10.2. The van der Waals surface area contributed by atoms with E-state index < -0.39 is 0 Å². The van der Waals surface area contributed by atoms with Crippen LogP contribution >= 0.6 is 27.5 Å². The lowest BCUT2D eigenvalue weighted by molar-refractivity contribution is 0.452. The van der Waals surface area contributed by atoms with E-state index in [1.54, 1.807) is 12.3 Å². The lowest BCUT2D eigenvalue weighted by Crippen LogP contribution is -2.16. The Bertz CT molecular complexity index is 617. The van der Waals surface area contributed by atoms with Gasteiger partial charge in [-0.15, -0.1) is 0 Å². The van der Waals surface area contributed by atoms with Gasteiger partial charge >= 0.3 is 0 Å². The van der Waals surface area contributed by atoms with Gasteiger partial charge in [-0.2, -0.15) is 0 Å². The van der Waals surface area contributed by atoms with Crippen LogP contribution in [0.2, 0.25) is 5.02 Å². The van der Waals surface area contributed by atoms with Crippen LogP contribution < -0.4 is 10.1 Å². The number of rotatable bonds is 5. The molecule has 20 heavy (non-hydrogen) atoms. The van der Waals surface area contributed by atoms with E-state index in [0.717, 1.165) is 16.6 Å². The normalized spacial score (nSPS) is 14.3. The van der Waals surface area contributed by atoms with E-state index in [9.17, 15) is 0 Å². The average Bonchev–Trinajstić information content (AvgIpc) is 3.25. The topological polar surface area (TPSA) is 34.1 Å². The number of benzene rings is 1. The Morgan fingerprint density at radius 1 is 1.35 bits per heavy atom. The third-order valence-corrected chi connectivity index (χ3v) is 3.84. The fourth-order valence-corrected chi connectivity index (χ4v) is 2.41. The number of aromatic nitrogens is 1. The number of para-hydroxylation sites is 1. The second kappa shape index (κ2) is 6.12. The van der Waals surface area contributed by atoms with Crippen molar-refractivity contribution in [1.82, 2.24) is 10.3 Å². The minimum Gasteiger partial charge on any atom is -0.437 e. The molecular formula is C15H14BrClN2O. The van der Waals surface area contributed by atoms with E-state index >= 15 is 0 Å². The van der Waals surface area contributed by atoms with Gasteiger partial charge in [0.25, 0.3) is 0 Å². The highest BCUT2D eigenvalue weighted by Gasteiger charge is 2.21. The Morgan fingerprint density at radius 2 is 2.15 bits per heavy atom. The van der Waals surface area contributed by atoms with Crippen molar-refractivity contribution < 1.29 is 4.74 Å². The summed E-state index contributed by atoms with van der Waals surface area (Å²) in [6, 6.07) is 10.1. The van der Waals surface area contributed by atoms with Crippen molar-refractivity contribution in [3.05, 3.63) is 51.6 Å². The zero-order chi connectivity index (χ0) is 13.9. The van der Waals surface area contributed by atoms with E-state index in [0.29, 0.717) is 22.7 Å². The third kappa shape index (κ3) is 3.51. The molecule has 1 fully saturated rings. The molecule has 3 rings (SSSR count). The van der Waals surface area contributed by atoms with Crippen LogP contribution in [-0.4, -0.2) is 11.0 Å². The minimum absolute atomic E-state index is 0.582. The van der Waals surface area contributed by atoms with Crippen LogP contribution in [0.25, 0.3) is 0 Å². The van der Waals surface area contributed by atoms with Crippen molar-refractivity contribution in [2.24, 2.45) is 0 Å². The minimum atomic E-state index is 0.582. The van der Waals surface area contributed by atoms with Crippen LogP contribution in [0.1, 0.15) is 18.4 Å². The Hall–Kier alpha value is -1.10. The smallest absolute Gasteiger partial charge is 0.223 e. The van der Waals surface area contributed by atoms with Gasteiger partial charge in [0, 0.05) is 28.8 Å². The summed E-state index contributed by atoms with van der Waals surface area (Å²) in [6.45, 7) is 0.747. The second-order valence-corrected chi connectivity index (χ2v) is 6.13. The molecule has 0 aliphatic heterocycles. The molecule has 5 heteroatoms. The predicted molar refractivity (Wildman–Crippen MR) is 83.3 cm³/mol. The average molecular weight is 354 g/mol. The SMILES string of the molecule is Clc1ccccc1Oc1ncc(Br)cc1CNC1CC1. The molecule has 1 aromatic carbocycles. The van der Waals surface area contributed by atoms with E-state index in [-0.39, 0.29) is 0 Å². The quantitative estimate of drug-likeness (QED) is 0.857. The van der Waals surface area contributed by atoms with Gasteiger partial charge in [-0.05, 0) is 47.0 Å². The van der Waals surface area contributed by atoms with Crippen molar-refractivity contribution >= 4 is 27.5 Å². The molecular weight excluding hydrogens is 340 g/mol. The number of hydrogen-bond acceptors (Lipinski definition) is 3. The van der Waals surface area contributed by atoms with Crippen LogP contribution in [0.3, 0.4) is 0 Å². The number of pyridine rings is 1. The monoisotopic (exact) mass is 352 g/mol. The van der Waals surface area contributed by atoms with Gasteiger partial charge in [0.2, 0.25) is 5.88 Å². The Labute approximate surface area is 131 Å². The molecule has 0 spiro atoms. The maximum atomic E-state index is 6.12. The maximum Gasteiger partial charge on any atom is 0.223 e. The third-order valence-electron chi connectivity index (χ3n) is 3.09. The number of halogens is 2. The van der Waals surface area contributed by atoms with Crippen molar-refractivity contribution in [3.8, 4) is 11.6 Å². The molecule has 0 amide bonds. The zero-order valence-corrected chi connectivity index (χ0v) is 13.1. The first-order valence-corrected chi connectivity index (χ1v) is 7.69. The summed E-state index contributed by atoms with van der Waals surface area (Å²) >= 11 is 9.56. The molecule has 0 bridgehead atoms. The summed E-state index contributed by atoms with van der Waals surface area (Å²) in [5.41, 5.74) is 1.02. The van der Waals surface area contributed by atoms with Gasteiger partial charge in [0.15, 0.2) is 0 Å². The highest BCUT2D eigenvalue weighted by atomic mass is 79.9. The molecule has 0 saturated heterocycles. The Kier molecular flexibility index (Phi) is 4.24. The fraction of sp³-hybridized carbons (Fsp3) is 0.267. The van der Waals surface area contributed by atoms with Crippen LogP contribution in [0.5, 0.6) is 11.6 Å². The van der Waals surface area contributed by atoms with Gasteiger partial charge in [0.1, 0.15) is 5.75 Å². The first kappa shape index (κ1) is 13.9. The van der Waals surface area contributed by atoms with Gasteiger partial charge in [-0.1, -0.05) is 23.7 Å². The van der Waals surface area contributed by atoms with E-state index in [1.807, 2.05) is 24.3 Å². The zero-order valence-electron chi connectivity index (χ0n) is 10.8. The first-order valence-electron chi connectivity index (χ1n) is 6.52. The first-order chi connectivity index (χ1) is 9.72. The number of ether oxygens (including phenoxy) is 1. The summed E-state index contributed by atoms with van der Waals surface area (Å²) in [5.74, 6) is 1.21. The molecule has 1 aliphatic carbocycles. The molecule has 0 radical (unpaired) electrons.